The Labute approximate surface area is 93.0 Å². The summed E-state index contributed by atoms with van der Waals surface area (Å²) < 4.78 is 0. The van der Waals surface area contributed by atoms with Crippen LogP contribution in [0.1, 0.15) is 5.56 Å². The average molecular weight is 211 g/mol. The first kappa shape index (κ1) is 9.24. The van der Waals surface area contributed by atoms with Crippen molar-refractivity contribution in [2.24, 2.45) is 5.73 Å². The van der Waals surface area contributed by atoms with Gasteiger partial charge in [-0.3, -0.25) is 0 Å². The van der Waals surface area contributed by atoms with Gasteiger partial charge in [0.25, 0.3) is 0 Å². The molecule has 0 aliphatic heterocycles. The van der Waals surface area contributed by atoms with Gasteiger partial charge in [0.05, 0.1) is 0 Å². The first-order valence-electron chi connectivity index (χ1n) is 5.29. The molecule has 0 saturated carbocycles. The number of benzene rings is 2. The number of rotatable bonds is 1. The van der Waals surface area contributed by atoms with E-state index in [2.05, 4.69) is 17.1 Å². The lowest BCUT2D eigenvalue weighted by atomic mass is 10.1. The molecule has 1 heterocycles. The van der Waals surface area contributed by atoms with Crippen LogP contribution in [-0.2, 0) is 6.54 Å². The van der Waals surface area contributed by atoms with Crippen LogP contribution in [-0.4, -0.2) is 4.98 Å². The van der Waals surface area contributed by atoms with Crippen LogP contribution in [0.15, 0.2) is 36.4 Å². The highest BCUT2D eigenvalue weighted by Gasteiger charge is 2.08. The van der Waals surface area contributed by atoms with Crippen molar-refractivity contribution in [3.63, 3.8) is 0 Å². The summed E-state index contributed by atoms with van der Waals surface area (Å²) in [4.78, 5) is 3.35. The van der Waals surface area contributed by atoms with Gasteiger partial charge in [0.15, 0.2) is 0 Å². The van der Waals surface area contributed by atoms with E-state index in [-0.39, 0.29) is 0 Å². The highest BCUT2D eigenvalue weighted by atomic mass is 14.7. The summed E-state index contributed by atoms with van der Waals surface area (Å²) in [5, 5.41) is 2.24. The third-order valence-corrected chi connectivity index (χ3v) is 3.02. The normalized spacial score (nSPS) is 11.3. The van der Waals surface area contributed by atoms with Crippen LogP contribution in [0.2, 0.25) is 0 Å². The van der Waals surface area contributed by atoms with Crippen molar-refractivity contribution >= 4 is 27.5 Å². The molecule has 3 aromatic rings. The quantitative estimate of drug-likeness (QED) is 0.541. The van der Waals surface area contributed by atoms with E-state index < -0.39 is 0 Å². The number of nitrogen functional groups attached to an aromatic ring is 1. The minimum Gasteiger partial charge on any atom is -0.398 e. The fourth-order valence-electron chi connectivity index (χ4n) is 2.19. The van der Waals surface area contributed by atoms with Gasteiger partial charge in [-0.1, -0.05) is 24.3 Å². The highest BCUT2D eigenvalue weighted by Crippen LogP contribution is 2.31. The van der Waals surface area contributed by atoms with Gasteiger partial charge >= 0.3 is 0 Å². The zero-order chi connectivity index (χ0) is 11.1. The number of para-hydroxylation sites is 1. The summed E-state index contributed by atoms with van der Waals surface area (Å²) in [6.45, 7) is 0.473. The Balaban J connectivity index is 2.53. The predicted octanol–water partition coefficient (Wildman–Crippen LogP) is 2.36. The number of fused-ring (bicyclic) bond motifs is 3. The van der Waals surface area contributed by atoms with Crippen LogP contribution < -0.4 is 11.5 Å². The Morgan fingerprint density at radius 2 is 1.81 bits per heavy atom. The Kier molecular flexibility index (Phi) is 1.88. The number of hydrogen-bond acceptors (Lipinski definition) is 2. The lowest BCUT2D eigenvalue weighted by Gasteiger charge is -2.04. The van der Waals surface area contributed by atoms with Gasteiger partial charge < -0.3 is 16.5 Å². The zero-order valence-electron chi connectivity index (χ0n) is 8.83. The topological polar surface area (TPSA) is 67.8 Å². The number of aromatic nitrogens is 1. The molecule has 0 unspecified atom stereocenters. The van der Waals surface area contributed by atoms with E-state index in [9.17, 15) is 0 Å². The molecule has 0 aliphatic carbocycles. The van der Waals surface area contributed by atoms with Crippen LogP contribution in [0.3, 0.4) is 0 Å². The van der Waals surface area contributed by atoms with Crippen molar-refractivity contribution < 1.29 is 0 Å². The van der Waals surface area contributed by atoms with E-state index >= 15 is 0 Å². The molecule has 0 atom stereocenters. The molecule has 1 aromatic heterocycles. The summed E-state index contributed by atoms with van der Waals surface area (Å²) in [6, 6.07) is 12.2. The standard InChI is InChI=1S/C13H13N3/c14-7-8-5-6-11-12(13(8)15)9-3-1-2-4-10(9)16-11/h1-6,16H,7,14-15H2. The van der Waals surface area contributed by atoms with Gasteiger partial charge in [0.1, 0.15) is 0 Å². The van der Waals surface area contributed by atoms with Crippen molar-refractivity contribution in [2.45, 2.75) is 6.54 Å². The lowest BCUT2D eigenvalue weighted by molar-refractivity contribution is 1.08. The summed E-state index contributed by atoms with van der Waals surface area (Å²) in [7, 11) is 0. The van der Waals surface area contributed by atoms with Crippen molar-refractivity contribution in [3.05, 3.63) is 42.0 Å². The molecule has 0 saturated heterocycles. The Morgan fingerprint density at radius 3 is 2.62 bits per heavy atom. The molecule has 0 fully saturated rings. The Morgan fingerprint density at radius 1 is 1.00 bits per heavy atom. The molecule has 2 aromatic carbocycles. The molecule has 3 nitrogen and oxygen atoms in total. The molecule has 16 heavy (non-hydrogen) atoms. The number of H-pyrrole nitrogens is 1. The average Bonchev–Trinajstić information content (AvgIpc) is 2.68. The second kappa shape index (κ2) is 3.25. The van der Waals surface area contributed by atoms with Crippen LogP contribution in [0.25, 0.3) is 21.8 Å². The van der Waals surface area contributed by atoms with E-state index in [1.807, 2.05) is 24.3 Å². The molecule has 0 bridgehead atoms. The maximum absolute atomic E-state index is 6.14. The van der Waals surface area contributed by atoms with Gasteiger partial charge in [-0.15, -0.1) is 0 Å². The van der Waals surface area contributed by atoms with Crippen molar-refractivity contribution in [1.82, 2.24) is 4.98 Å². The minimum atomic E-state index is 0.473. The Hall–Kier alpha value is -2.00. The number of nitrogens with one attached hydrogen (secondary N) is 1. The van der Waals surface area contributed by atoms with E-state index in [4.69, 9.17) is 11.5 Å². The molecule has 3 heteroatoms. The lowest BCUT2D eigenvalue weighted by Crippen LogP contribution is -2.01. The molecule has 3 rings (SSSR count). The van der Waals surface area contributed by atoms with E-state index in [0.717, 1.165) is 33.1 Å². The van der Waals surface area contributed by atoms with Gasteiger partial charge in [-0.2, -0.15) is 0 Å². The first-order valence-corrected chi connectivity index (χ1v) is 5.29. The van der Waals surface area contributed by atoms with Gasteiger partial charge in [-0.05, 0) is 17.7 Å². The number of hydrogen-bond donors (Lipinski definition) is 3. The molecular formula is C13H13N3. The summed E-state index contributed by atoms with van der Waals surface area (Å²) in [5.41, 5.74) is 15.8. The number of anilines is 1. The zero-order valence-corrected chi connectivity index (χ0v) is 8.83. The first-order chi connectivity index (χ1) is 7.81. The highest BCUT2D eigenvalue weighted by molar-refractivity contribution is 6.13. The molecule has 0 amide bonds. The van der Waals surface area contributed by atoms with Crippen LogP contribution in [0.4, 0.5) is 5.69 Å². The maximum Gasteiger partial charge on any atom is 0.0485 e. The summed E-state index contributed by atoms with van der Waals surface area (Å²) >= 11 is 0. The molecule has 0 radical (unpaired) electrons. The molecular weight excluding hydrogens is 198 g/mol. The fourth-order valence-corrected chi connectivity index (χ4v) is 2.19. The smallest absolute Gasteiger partial charge is 0.0485 e. The van der Waals surface area contributed by atoms with Crippen molar-refractivity contribution in [1.29, 1.82) is 0 Å². The van der Waals surface area contributed by atoms with Gasteiger partial charge in [0.2, 0.25) is 0 Å². The Bertz CT molecular complexity index is 667. The second-order valence-corrected chi connectivity index (χ2v) is 3.94. The van der Waals surface area contributed by atoms with Gasteiger partial charge in [-0.25, -0.2) is 0 Å². The molecule has 5 N–H and O–H groups in total. The molecule has 0 aliphatic rings. The third kappa shape index (κ3) is 1.12. The third-order valence-electron chi connectivity index (χ3n) is 3.02. The van der Waals surface area contributed by atoms with Crippen molar-refractivity contribution in [3.8, 4) is 0 Å². The van der Waals surface area contributed by atoms with Crippen molar-refractivity contribution in [2.75, 3.05) is 5.73 Å². The number of nitrogens with two attached hydrogens (primary N) is 2. The monoisotopic (exact) mass is 211 g/mol. The second-order valence-electron chi connectivity index (χ2n) is 3.94. The largest absolute Gasteiger partial charge is 0.398 e. The molecule has 0 spiro atoms. The SMILES string of the molecule is NCc1ccc2[nH]c3ccccc3c2c1N. The van der Waals surface area contributed by atoms with Crippen LogP contribution in [0.5, 0.6) is 0 Å². The maximum atomic E-state index is 6.14. The number of aromatic amines is 1. The summed E-state index contributed by atoms with van der Waals surface area (Å²) in [5.74, 6) is 0. The van der Waals surface area contributed by atoms with E-state index in [1.165, 1.54) is 0 Å². The molecule has 80 valence electrons. The van der Waals surface area contributed by atoms with Crippen LogP contribution >= 0.6 is 0 Å². The minimum absolute atomic E-state index is 0.473. The van der Waals surface area contributed by atoms with Gasteiger partial charge in [0, 0.05) is 34.0 Å². The fraction of sp³-hybridized carbons (Fsp3) is 0.0769. The van der Waals surface area contributed by atoms with Crippen LogP contribution in [0, 0.1) is 0 Å². The predicted molar refractivity (Wildman–Crippen MR) is 68.1 cm³/mol. The summed E-state index contributed by atoms with van der Waals surface area (Å²) in [6.07, 6.45) is 0. The van der Waals surface area contributed by atoms with E-state index in [1.54, 1.807) is 0 Å². The van der Waals surface area contributed by atoms with E-state index in [0.29, 0.717) is 6.54 Å².